The van der Waals surface area contributed by atoms with Gasteiger partial charge in [0.2, 0.25) is 0 Å². The quantitative estimate of drug-likeness (QED) is 0.732. The van der Waals surface area contributed by atoms with Crippen molar-refractivity contribution >= 4 is 6.08 Å². The molecule has 0 aromatic carbocycles. The molecular weight excluding hydrogens is 176 g/mol. The lowest BCUT2D eigenvalue weighted by Gasteiger charge is -2.21. The van der Waals surface area contributed by atoms with Crippen molar-refractivity contribution in [2.75, 3.05) is 13.2 Å². The Morgan fingerprint density at radius 3 is 3.29 bits per heavy atom. The van der Waals surface area contributed by atoms with Gasteiger partial charge in [-0.15, -0.1) is 0 Å². The zero-order valence-electron chi connectivity index (χ0n) is 8.35. The fourth-order valence-electron chi connectivity index (χ4n) is 1.80. The molecule has 0 bridgehead atoms. The van der Waals surface area contributed by atoms with Gasteiger partial charge in [0.1, 0.15) is 0 Å². The molecule has 2 rings (SSSR count). The first kappa shape index (κ1) is 9.46. The standard InChI is InChI=1S/C11H16N2O/c1-2-10-6-12-13(7-10)8-11-4-3-5-14-9-11/h2,6-7,11H,1,3-5,8-9H2. The van der Waals surface area contributed by atoms with Crippen LogP contribution in [-0.4, -0.2) is 23.0 Å². The minimum atomic E-state index is 0.626. The Morgan fingerprint density at radius 2 is 2.64 bits per heavy atom. The smallest absolute Gasteiger partial charge is 0.0562 e. The maximum atomic E-state index is 5.43. The van der Waals surface area contributed by atoms with E-state index in [0.717, 1.165) is 25.3 Å². The first-order valence-electron chi connectivity index (χ1n) is 5.11. The van der Waals surface area contributed by atoms with Crippen molar-refractivity contribution in [2.24, 2.45) is 5.92 Å². The molecule has 0 radical (unpaired) electrons. The molecule has 1 aromatic rings. The van der Waals surface area contributed by atoms with Crippen LogP contribution in [0.1, 0.15) is 18.4 Å². The van der Waals surface area contributed by atoms with E-state index < -0.39 is 0 Å². The molecule has 0 saturated carbocycles. The molecule has 1 aromatic heterocycles. The molecule has 0 amide bonds. The predicted octanol–water partition coefficient (Wildman–Crippen LogP) is 1.95. The van der Waals surface area contributed by atoms with Gasteiger partial charge < -0.3 is 4.74 Å². The fourth-order valence-corrected chi connectivity index (χ4v) is 1.80. The molecule has 3 heteroatoms. The van der Waals surface area contributed by atoms with Crippen LogP contribution in [0.4, 0.5) is 0 Å². The molecule has 1 atom stereocenters. The number of nitrogens with zero attached hydrogens (tertiary/aromatic N) is 2. The molecule has 1 aliphatic rings. The Labute approximate surface area is 84.4 Å². The van der Waals surface area contributed by atoms with Crippen LogP contribution in [0.25, 0.3) is 6.08 Å². The summed E-state index contributed by atoms with van der Waals surface area (Å²) in [6.07, 6.45) is 8.13. The third kappa shape index (κ3) is 2.23. The summed E-state index contributed by atoms with van der Waals surface area (Å²) in [5.41, 5.74) is 1.08. The van der Waals surface area contributed by atoms with E-state index >= 15 is 0 Å². The van der Waals surface area contributed by atoms with E-state index in [2.05, 4.69) is 11.7 Å². The van der Waals surface area contributed by atoms with Crippen molar-refractivity contribution in [2.45, 2.75) is 19.4 Å². The van der Waals surface area contributed by atoms with Crippen LogP contribution in [0.2, 0.25) is 0 Å². The highest BCUT2D eigenvalue weighted by Crippen LogP contribution is 2.15. The van der Waals surface area contributed by atoms with Gasteiger partial charge in [-0.25, -0.2) is 0 Å². The molecule has 1 saturated heterocycles. The van der Waals surface area contributed by atoms with Crippen molar-refractivity contribution in [1.82, 2.24) is 9.78 Å². The summed E-state index contributed by atoms with van der Waals surface area (Å²) in [6, 6.07) is 0. The maximum Gasteiger partial charge on any atom is 0.0562 e. The molecule has 3 nitrogen and oxygen atoms in total. The van der Waals surface area contributed by atoms with E-state index in [1.807, 2.05) is 23.2 Å². The van der Waals surface area contributed by atoms with Crippen molar-refractivity contribution in [1.29, 1.82) is 0 Å². The number of aromatic nitrogens is 2. The van der Waals surface area contributed by atoms with E-state index in [1.54, 1.807) is 0 Å². The zero-order chi connectivity index (χ0) is 9.80. The summed E-state index contributed by atoms with van der Waals surface area (Å²) in [5, 5.41) is 4.27. The van der Waals surface area contributed by atoms with Crippen LogP contribution >= 0.6 is 0 Å². The minimum absolute atomic E-state index is 0.626. The second-order valence-corrected chi connectivity index (χ2v) is 3.78. The van der Waals surface area contributed by atoms with Gasteiger partial charge in [0.05, 0.1) is 12.8 Å². The van der Waals surface area contributed by atoms with Gasteiger partial charge in [-0.3, -0.25) is 4.68 Å². The first-order valence-corrected chi connectivity index (χ1v) is 5.11. The van der Waals surface area contributed by atoms with E-state index in [4.69, 9.17) is 4.74 Å². The van der Waals surface area contributed by atoms with Crippen LogP contribution in [-0.2, 0) is 11.3 Å². The SMILES string of the molecule is C=Cc1cnn(CC2CCCOC2)c1. The van der Waals surface area contributed by atoms with Crippen LogP contribution in [0.3, 0.4) is 0 Å². The third-order valence-corrected chi connectivity index (χ3v) is 2.59. The Hall–Kier alpha value is -1.09. The Morgan fingerprint density at radius 1 is 1.71 bits per heavy atom. The lowest BCUT2D eigenvalue weighted by atomic mass is 10.0. The summed E-state index contributed by atoms with van der Waals surface area (Å²) in [7, 11) is 0. The molecule has 2 heterocycles. The molecular formula is C11H16N2O. The summed E-state index contributed by atoms with van der Waals surface area (Å²) < 4.78 is 7.41. The Balaban J connectivity index is 1.92. The molecule has 1 fully saturated rings. The number of hydrogen-bond donors (Lipinski definition) is 0. The lowest BCUT2D eigenvalue weighted by molar-refractivity contribution is 0.0470. The van der Waals surface area contributed by atoms with Gasteiger partial charge in [-0.1, -0.05) is 12.7 Å². The van der Waals surface area contributed by atoms with Gasteiger partial charge in [-0.2, -0.15) is 5.10 Å². The second-order valence-electron chi connectivity index (χ2n) is 3.78. The van der Waals surface area contributed by atoms with E-state index in [-0.39, 0.29) is 0 Å². The van der Waals surface area contributed by atoms with E-state index in [9.17, 15) is 0 Å². The summed E-state index contributed by atoms with van der Waals surface area (Å²) >= 11 is 0. The molecule has 14 heavy (non-hydrogen) atoms. The molecule has 0 N–H and O–H groups in total. The molecule has 1 unspecified atom stereocenters. The summed E-state index contributed by atoms with van der Waals surface area (Å²) in [5.74, 6) is 0.626. The number of ether oxygens (including phenoxy) is 1. The van der Waals surface area contributed by atoms with E-state index in [0.29, 0.717) is 5.92 Å². The topological polar surface area (TPSA) is 27.1 Å². The van der Waals surface area contributed by atoms with E-state index in [1.165, 1.54) is 12.8 Å². The highest BCUT2D eigenvalue weighted by atomic mass is 16.5. The average Bonchev–Trinajstić information content (AvgIpc) is 2.67. The molecule has 76 valence electrons. The number of rotatable bonds is 3. The largest absolute Gasteiger partial charge is 0.381 e. The molecule has 1 aliphatic heterocycles. The van der Waals surface area contributed by atoms with Crippen molar-refractivity contribution in [3.8, 4) is 0 Å². The average molecular weight is 192 g/mol. The van der Waals surface area contributed by atoms with Crippen LogP contribution < -0.4 is 0 Å². The molecule has 0 aliphatic carbocycles. The van der Waals surface area contributed by atoms with Crippen LogP contribution in [0.5, 0.6) is 0 Å². The highest BCUT2D eigenvalue weighted by molar-refractivity contribution is 5.43. The summed E-state index contributed by atoms with van der Waals surface area (Å²) in [4.78, 5) is 0. The molecule has 0 spiro atoms. The summed E-state index contributed by atoms with van der Waals surface area (Å²) in [6.45, 7) is 6.48. The third-order valence-electron chi connectivity index (χ3n) is 2.59. The lowest BCUT2D eigenvalue weighted by Crippen LogP contribution is -2.22. The second kappa shape index (κ2) is 4.42. The first-order chi connectivity index (χ1) is 6.88. The predicted molar refractivity (Wildman–Crippen MR) is 55.9 cm³/mol. The number of hydrogen-bond acceptors (Lipinski definition) is 2. The van der Waals surface area contributed by atoms with Crippen LogP contribution in [0.15, 0.2) is 19.0 Å². The van der Waals surface area contributed by atoms with Gasteiger partial charge in [-0.05, 0) is 12.8 Å². The van der Waals surface area contributed by atoms with Gasteiger partial charge >= 0.3 is 0 Å². The van der Waals surface area contributed by atoms with Crippen molar-refractivity contribution < 1.29 is 4.74 Å². The normalized spacial score (nSPS) is 22.1. The zero-order valence-corrected chi connectivity index (χ0v) is 8.35. The highest BCUT2D eigenvalue weighted by Gasteiger charge is 2.14. The van der Waals surface area contributed by atoms with Crippen molar-refractivity contribution in [3.63, 3.8) is 0 Å². The Kier molecular flexibility index (Phi) is 2.99. The minimum Gasteiger partial charge on any atom is -0.381 e. The van der Waals surface area contributed by atoms with Crippen LogP contribution in [0, 0.1) is 5.92 Å². The van der Waals surface area contributed by atoms with Gasteiger partial charge in [0.15, 0.2) is 0 Å². The maximum absolute atomic E-state index is 5.43. The van der Waals surface area contributed by atoms with Crippen molar-refractivity contribution in [3.05, 3.63) is 24.5 Å². The van der Waals surface area contributed by atoms with Gasteiger partial charge in [0.25, 0.3) is 0 Å². The fraction of sp³-hybridized carbons (Fsp3) is 0.545. The monoisotopic (exact) mass is 192 g/mol. The van der Waals surface area contributed by atoms with Gasteiger partial charge in [0, 0.05) is 30.8 Å². The Bertz CT molecular complexity index is 300.